The fraction of sp³-hybridized carbons (Fsp3) is 0.0909. The number of hydrogen-bond donors (Lipinski definition) is 1. The van der Waals surface area contributed by atoms with E-state index >= 15 is 0 Å². The summed E-state index contributed by atoms with van der Waals surface area (Å²) in [6, 6.07) is 4.75. The van der Waals surface area contributed by atoms with Crippen molar-refractivity contribution in [3.63, 3.8) is 0 Å². The third kappa shape index (κ3) is 3.30. The lowest BCUT2D eigenvalue weighted by Crippen LogP contribution is -1.97. The van der Waals surface area contributed by atoms with Crippen molar-refractivity contribution < 1.29 is 14.3 Å². The van der Waals surface area contributed by atoms with Crippen molar-refractivity contribution in [1.82, 2.24) is 4.98 Å². The Hall–Kier alpha value is -0.920. The standard InChI is InChI=1S/C11H7BrFNO2S2/c12-6-1-2-7(8(13)3-6)9-4-17-11(14-9)18-5-10(15)16/h1-4H,5H2,(H,15,16). The van der Waals surface area contributed by atoms with E-state index in [1.54, 1.807) is 17.5 Å². The molecule has 0 amide bonds. The Bertz CT molecular complexity index is 588. The quantitative estimate of drug-likeness (QED) is 0.852. The molecule has 0 atom stereocenters. The summed E-state index contributed by atoms with van der Waals surface area (Å²) < 4.78 is 15.0. The van der Waals surface area contributed by atoms with Gasteiger partial charge in [0, 0.05) is 15.4 Å². The van der Waals surface area contributed by atoms with Crippen molar-refractivity contribution in [3.05, 3.63) is 33.9 Å². The fourth-order valence-corrected chi connectivity index (χ4v) is 3.15. The van der Waals surface area contributed by atoms with Crippen molar-refractivity contribution in [2.24, 2.45) is 0 Å². The van der Waals surface area contributed by atoms with Gasteiger partial charge in [-0.15, -0.1) is 11.3 Å². The molecule has 2 rings (SSSR count). The maximum Gasteiger partial charge on any atom is 0.313 e. The lowest BCUT2D eigenvalue weighted by atomic mass is 10.2. The zero-order valence-corrected chi connectivity index (χ0v) is 12.1. The smallest absolute Gasteiger partial charge is 0.313 e. The van der Waals surface area contributed by atoms with E-state index in [0.717, 1.165) is 11.8 Å². The van der Waals surface area contributed by atoms with Gasteiger partial charge in [-0.1, -0.05) is 27.7 Å². The zero-order valence-electron chi connectivity index (χ0n) is 8.89. The van der Waals surface area contributed by atoms with Crippen LogP contribution >= 0.6 is 39.0 Å². The number of benzene rings is 1. The lowest BCUT2D eigenvalue weighted by molar-refractivity contribution is -0.133. The molecule has 0 fully saturated rings. The molecule has 0 saturated heterocycles. The molecule has 1 N–H and O–H groups in total. The molecular weight excluding hydrogens is 341 g/mol. The number of carboxylic acids is 1. The second-order valence-electron chi connectivity index (χ2n) is 3.31. The summed E-state index contributed by atoms with van der Waals surface area (Å²) in [5, 5.41) is 10.3. The predicted octanol–water partition coefficient (Wildman–Crippen LogP) is 3.89. The third-order valence-corrected chi connectivity index (χ3v) is 4.51. The zero-order chi connectivity index (χ0) is 13.1. The topological polar surface area (TPSA) is 50.2 Å². The molecular formula is C11H7BrFNO2S2. The van der Waals surface area contributed by atoms with Crippen LogP contribution < -0.4 is 0 Å². The molecule has 0 spiro atoms. The van der Waals surface area contributed by atoms with Gasteiger partial charge in [0.15, 0.2) is 4.34 Å². The van der Waals surface area contributed by atoms with E-state index in [4.69, 9.17) is 5.11 Å². The van der Waals surface area contributed by atoms with Crippen LogP contribution in [-0.4, -0.2) is 21.8 Å². The highest BCUT2D eigenvalue weighted by atomic mass is 79.9. The molecule has 0 aliphatic heterocycles. The van der Waals surface area contributed by atoms with E-state index in [-0.39, 0.29) is 11.6 Å². The minimum Gasteiger partial charge on any atom is -0.481 e. The van der Waals surface area contributed by atoms with Crippen molar-refractivity contribution in [2.45, 2.75) is 4.34 Å². The van der Waals surface area contributed by atoms with Gasteiger partial charge in [0.05, 0.1) is 11.4 Å². The third-order valence-electron chi connectivity index (χ3n) is 2.01. The van der Waals surface area contributed by atoms with Crippen LogP contribution in [0.25, 0.3) is 11.3 Å². The first-order valence-electron chi connectivity index (χ1n) is 4.82. The molecule has 0 aliphatic rings. The first-order valence-corrected chi connectivity index (χ1v) is 7.47. The molecule has 3 nitrogen and oxygen atoms in total. The minimum absolute atomic E-state index is 0.0459. The van der Waals surface area contributed by atoms with Gasteiger partial charge >= 0.3 is 5.97 Å². The van der Waals surface area contributed by atoms with Gasteiger partial charge in [0.1, 0.15) is 5.82 Å². The van der Waals surface area contributed by atoms with Crippen LogP contribution in [-0.2, 0) is 4.79 Å². The second-order valence-corrected chi connectivity index (χ2v) is 6.30. The van der Waals surface area contributed by atoms with Crippen LogP contribution in [0, 0.1) is 5.82 Å². The highest BCUT2D eigenvalue weighted by Gasteiger charge is 2.11. The van der Waals surface area contributed by atoms with Gasteiger partial charge in [-0.2, -0.15) is 0 Å². The van der Waals surface area contributed by atoms with Gasteiger partial charge in [-0.25, -0.2) is 9.37 Å². The maximum atomic E-state index is 13.7. The molecule has 2 aromatic rings. The summed E-state index contributed by atoms with van der Waals surface area (Å²) in [7, 11) is 0. The molecule has 94 valence electrons. The number of thioether (sulfide) groups is 1. The Morgan fingerprint density at radius 3 is 3.00 bits per heavy atom. The highest BCUT2D eigenvalue weighted by molar-refractivity contribution is 9.10. The molecule has 1 heterocycles. The van der Waals surface area contributed by atoms with Crippen LogP contribution in [0.1, 0.15) is 0 Å². The van der Waals surface area contributed by atoms with Gasteiger partial charge in [0.25, 0.3) is 0 Å². The Morgan fingerprint density at radius 1 is 1.56 bits per heavy atom. The normalized spacial score (nSPS) is 10.6. The fourth-order valence-electron chi connectivity index (χ4n) is 1.27. The summed E-state index contributed by atoms with van der Waals surface area (Å²) >= 11 is 5.63. The lowest BCUT2D eigenvalue weighted by Gasteiger charge is -1.99. The van der Waals surface area contributed by atoms with Gasteiger partial charge in [-0.05, 0) is 18.2 Å². The van der Waals surface area contributed by atoms with Crippen LogP contribution in [0.3, 0.4) is 0 Å². The van der Waals surface area contributed by atoms with Crippen molar-refractivity contribution in [2.75, 3.05) is 5.75 Å². The van der Waals surface area contributed by atoms with E-state index in [0.29, 0.717) is 20.1 Å². The average molecular weight is 348 g/mol. The van der Waals surface area contributed by atoms with Crippen LogP contribution in [0.2, 0.25) is 0 Å². The molecule has 0 aliphatic carbocycles. The van der Waals surface area contributed by atoms with Gasteiger partial charge in [-0.3, -0.25) is 4.79 Å². The second kappa shape index (κ2) is 5.81. The maximum absolute atomic E-state index is 13.7. The van der Waals surface area contributed by atoms with Crippen LogP contribution in [0.5, 0.6) is 0 Å². The van der Waals surface area contributed by atoms with Crippen molar-refractivity contribution in [3.8, 4) is 11.3 Å². The minimum atomic E-state index is -0.897. The molecule has 18 heavy (non-hydrogen) atoms. The SMILES string of the molecule is O=C(O)CSc1nc(-c2ccc(Br)cc2F)cs1. The molecule has 7 heteroatoms. The first kappa shape index (κ1) is 13.5. The molecule has 0 radical (unpaired) electrons. The van der Waals surface area contributed by atoms with Crippen molar-refractivity contribution in [1.29, 1.82) is 0 Å². The van der Waals surface area contributed by atoms with E-state index < -0.39 is 5.97 Å². The van der Waals surface area contributed by atoms with Gasteiger partial charge in [0.2, 0.25) is 0 Å². The van der Waals surface area contributed by atoms with E-state index in [1.165, 1.54) is 17.4 Å². The predicted molar refractivity (Wildman–Crippen MR) is 73.6 cm³/mol. The molecule has 0 unspecified atom stereocenters. The largest absolute Gasteiger partial charge is 0.481 e. The number of thiazole rings is 1. The molecule has 0 bridgehead atoms. The number of rotatable bonds is 4. The average Bonchev–Trinajstić information content (AvgIpc) is 2.75. The van der Waals surface area contributed by atoms with Gasteiger partial charge < -0.3 is 5.11 Å². The number of aromatic nitrogens is 1. The number of carbonyl (C=O) groups is 1. The number of carboxylic acid groups (broad SMARTS) is 1. The Balaban J connectivity index is 2.21. The molecule has 1 aromatic heterocycles. The van der Waals surface area contributed by atoms with E-state index in [2.05, 4.69) is 20.9 Å². The molecule has 0 saturated carbocycles. The number of aliphatic carboxylic acids is 1. The Morgan fingerprint density at radius 2 is 2.33 bits per heavy atom. The van der Waals surface area contributed by atoms with Crippen LogP contribution in [0.15, 0.2) is 32.4 Å². The summed E-state index contributed by atoms with van der Waals surface area (Å²) in [4.78, 5) is 14.6. The van der Waals surface area contributed by atoms with E-state index in [9.17, 15) is 9.18 Å². The number of hydrogen-bond acceptors (Lipinski definition) is 4. The summed E-state index contributed by atoms with van der Waals surface area (Å²) in [6.45, 7) is 0. The van der Waals surface area contributed by atoms with E-state index in [1.807, 2.05) is 0 Å². The highest BCUT2D eigenvalue weighted by Crippen LogP contribution is 2.30. The summed E-state index contributed by atoms with van der Waals surface area (Å²) in [5.74, 6) is -1.30. The Kier molecular flexibility index (Phi) is 4.36. The summed E-state index contributed by atoms with van der Waals surface area (Å²) in [6.07, 6.45) is 0. The van der Waals surface area contributed by atoms with Crippen molar-refractivity contribution >= 4 is 45.0 Å². The first-order chi connectivity index (χ1) is 8.56. The number of halogens is 2. The Labute approximate surface area is 119 Å². The van der Waals surface area contributed by atoms with Crippen LogP contribution in [0.4, 0.5) is 4.39 Å². The summed E-state index contributed by atoms with van der Waals surface area (Å²) in [5.41, 5.74) is 0.939. The number of nitrogens with zero attached hydrogens (tertiary/aromatic N) is 1. The molecule has 1 aromatic carbocycles. The monoisotopic (exact) mass is 347 g/mol.